The third-order valence-corrected chi connectivity index (χ3v) is 4.48. The molecule has 0 amide bonds. The van der Waals surface area contributed by atoms with Crippen molar-refractivity contribution in [1.82, 2.24) is 14.7 Å². The maximum Gasteiger partial charge on any atom is 0.325 e. The van der Waals surface area contributed by atoms with Crippen LogP contribution in [-0.2, 0) is 11.3 Å². The van der Waals surface area contributed by atoms with Gasteiger partial charge in [0.1, 0.15) is 11.4 Å². The van der Waals surface area contributed by atoms with Gasteiger partial charge in [0.25, 0.3) is 0 Å². The van der Waals surface area contributed by atoms with Gasteiger partial charge in [0.05, 0.1) is 11.4 Å². The molecular formula is C17H21FN4O2. The number of aliphatic carboxylic acids is 1. The van der Waals surface area contributed by atoms with Crippen molar-refractivity contribution >= 4 is 5.97 Å². The van der Waals surface area contributed by atoms with Crippen LogP contribution in [0.4, 0.5) is 4.39 Å². The van der Waals surface area contributed by atoms with E-state index in [1.807, 2.05) is 24.8 Å². The fourth-order valence-corrected chi connectivity index (χ4v) is 3.23. The smallest absolute Gasteiger partial charge is 0.325 e. The summed E-state index contributed by atoms with van der Waals surface area (Å²) >= 11 is 0. The van der Waals surface area contributed by atoms with Crippen molar-refractivity contribution in [2.75, 3.05) is 13.1 Å². The molecule has 24 heavy (non-hydrogen) atoms. The van der Waals surface area contributed by atoms with Gasteiger partial charge < -0.3 is 10.8 Å². The van der Waals surface area contributed by atoms with Crippen LogP contribution in [0.25, 0.3) is 5.69 Å². The number of hydrogen-bond acceptors (Lipinski definition) is 4. The molecule has 0 unspecified atom stereocenters. The maximum atomic E-state index is 13.8. The van der Waals surface area contributed by atoms with E-state index in [0.717, 1.165) is 22.6 Å². The van der Waals surface area contributed by atoms with Crippen LogP contribution in [0.3, 0.4) is 0 Å². The monoisotopic (exact) mass is 332 g/mol. The summed E-state index contributed by atoms with van der Waals surface area (Å²) in [5.74, 6) is -1.32. The van der Waals surface area contributed by atoms with Crippen LogP contribution in [0.1, 0.15) is 23.4 Å². The Kier molecular flexibility index (Phi) is 4.15. The van der Waals surface area contributed by atoms with E-state index in [4.69, 9.17) is 5.73 Å². The van der Waals surface area contributed by atoms with Crippen molar-refractivity contribution in [3.63, 3.8) is 0 Å². The number of likely N-dealkylation sites (tertiary alicyclic amines) is 1. The minimum atomic E-state index is -1.23. The first kappa shape index (κ1) is 16.6. The summed E-state index contributed by atoms with van der Waals surface area (Å²) in [7, 11) is 0. The van der Waals surface area contributed by atoms with Gasteiger partial charge in [-0.3, -0.25) is 9.69 Å². The predicted molar refractivity (Wildman–Crippen MR) is 87.4 cm³/mol. The van der Waals surface area contributed by atoms with Crippen molar-refractivity contribution in [1.29, 1.82) is 0 Å². The predicted octanol–water partition coefficient (Wildman–Crippen LogP) is 1.62. The van der Waals surface area contributed by atoms with Crippen molar-refractivity contribution in [2.24, 2.45) is 5.73 Å². The summed E-state index contributed by atoms with van der Waals surface area (Å²) in [6.07, 6.45) is 0.382. The first-order valence-corrected chi connectivity index (χ1v) is 7.85. The van der Waals surface area contributed by atoms with Crippen LogP contribution in [0.5, 0.6) is 0 Å². The first-order chi connectivity index (χ1) is 11.3. The molecule has 6 nitrogen and oxygen atoms in total. The molecule has 1 aliphatic heterocycles. The molecule has 0 aliphatic carbocycles. The Balaban J connectivity index is 1.90. The second-order valence-electron chi connectivity index (χ2n) is 6.53. The number of halogens is 1. The minimum absolute atomic E-state index is 0.245. The van der Waals surface area contributed by atoms with Crippen LogP contribution < -0.4 is 5.73 Å². The summed E-state index contributed by atoms with van der Waals surface area (Å²) in [5.41, 5.74) is 8.09. The van der Waals surface area contributed by atoms with E-state index in [2.05, 4.69) is 5.10 Å². The van der Waals surface area contributed by atoms with Crippen molar-refractivity contribution in [2.45, 2.75) is 32.4 Å². The minimum Gasteiger partial charge on any atom is -0.480 e. The summed E-state index contributed by atoms with van der Waals surface area (Å²) in [4.78, 5) is 13.2. The lowest BCUT2D eigenvalue weighted by atomic mass is 10.0. The number of hydrogen-bond donors (Lipinski definition) is 2. The number of aryl methyl sites for hydroxylation is 2. The lowest BCUT2D eigenvalue weighted by molar-refractivity contribution is -0.142. The van der Waals surface area contributed by atoms with Gasteiger partial charge in [-0.15, -0.1) is 0 Å². The average molecular weight is 332 g/mol. The molecule has 0 spiro atoms. The molecule has 1 atom stereocenters. The van der Waals surface area contributed by atoms with Gasteiger partial charge in [0.15, 0.2) is 0 Å². The van der Waals surface area contributed by atoms with Crippen molar-refractivity contribution < 1.29 is 14.3 Å². The van der Waals surface area contributed by atoms with Crippen LogP contribution in [0, 0.1) is 19.7 Å². The van der Waals surface area contributed by atoms with Gasteiger partial charge in [-0.1, -0.05) is 0 Å². The Labute approximate surface area is 139 Å². The number of rotatable bonds is 4. The molecule has 1 aromatic carbocycles. The molecule has 0 radical (unpaired) electrons. The Bertz CT molecular complexity index is 789. The number of nitrogens with two attached hydrogens (primary N) is 1. The number of aromatic nitrogens is 2. The number of carboxylic acid groups (broad SMARTS) is 1. The zero-order chi connectivity index (χ0) is 17.5. The summed E-state index contributed by atoms with van der Waals surface area (Å²) in [5, 5.41) is 13.7. The van der Waals surface area contributed by atoms with E-state index in [0.29, 0.717) is 19.5 Å². The van der Waals surface area contributed by atoms with E-state index < -0.39 is 11.5 Å². The third kappa shape index (κ3) is 3.05. The highest BCUT2D eigenvalue weighted by Crippen LogP contribution is 2.25. The molecule has 7 heteroatoms. The molecule has 0 saturated carbocycles. The highest BCUT2D eigenvalue weighted by molar-refractivity contribution is 5.79. The standard InChI is InChI=1S/C17H21FN4O2/c1-11-7-12(2)22(20-11)15-4-3-14(18)8-13(15)9-21-6-5-17(19,10-21)16(23)24/h3-4,7-8H,5-6,9-10,19H2,1-2H3,(H,23,24)/t17-/m1/s1. The number of carboxylic acids is 1. The van der Waals surface area contributed by atoms with Crippen LogP contribution in [0.2, 0.25) is 0 Å². The van der Waals surface area contributed by atoms with E-state index in [9.17, 15) is 14.3 Å². The van der Waals surface area contributed by atoms with Gasteiger partial charge in [-0.2, -0.15) is 5.10 Å². The number of benzene rings is 1. The SMILES string of the molecule is Cc1cc(C)n(-c2ccc(F)cc2CN2CC[C@](N)(C(=O)O)C2)n1. The zero-order valence-corrected chi connectivity index (χ0v) is 13.8. The third-order valence-electron chi connectivity index (χ3n) is 4.48. The maximum absolute atomic E-state index is 13.8. The summed E-state index contributed by atoms with van der Waals surface area (Å²) in [6.45, 7) is 5.09. The normalized spacial score (nSPS) is 21.3. The average Bonchev–Trinajstić information content (AvgIpc) is 3.03. The van der Waals surface area contributed by atoms with Gasteiger partial charge in [-0.25, -0.2) is 9.07 Å². The molecule has 1 aromatic heterocycles. The lowest BCUT2D eigenvalue weighted by Gasteiger charge is -2.21. The van der Waals surface area contributed by atoms with Gasteiger partial charge >= 0.3 is 5.97 Å². The summed E-state index contributed by atoms with van der Waals surface area (Å²) in [6, 6.07) is 6.54. The Morgan fingerprint density at radius 3 is 2.75 bits per heavy atom. The van der Waals surface area contributed by atoms with Gasteiger partial charge in [0.2, 0.25) is 0 Å². The largest absolute Gasteiger partial charge is 0.480 e. The Morgan fingerprint density at radius 1 is 1.42 bits per heavy atom. The molecule has 1 saturated heterocycles. The van der Waals surface area contributed by atoms with E-state index in [-0.39, 0.29) is 12.4 Å². The van der Waals surface area contributed by atoms with Crippen LogP contribution >= 0.6 is 0 Å². The quantitative estimate of drug-likeness (QED) is 0.889. The van der Waals surface area contributed by atoms with Crippen molar-refractivity contribution in [3.8, 4) is 5.69 Å². The number of carbonyl (C=O) groups is 1. The molecule has 1 fully saturated rings. The number of nitrogens with zero attached hydrogens (tertiary/aromatic N) is 3. The molecular weight excluding hydrogens is 311 g/mol. The molecule has 3 rings (SSSR count). The van der Waals surface area contributed by atoms with Crippen LogP contribution in [0.15, 0.2) is 24.3 Å². The fourth-order valence-electron chi connectivity index (χ4n) is 3.23. The second kappa shape index (κ2) is 5.99. The van der Waals surface area contributed by atoms with E-state index in [1.54, 1.807) is 10.7 Å². The van der Waals surface area contributed by atoms with Crippen LogP contribution in [-0.4, -0.2) is 44.4 Å². The van der Waals surface area contributed by atoms with E-state index in [1.165, 1.54) is 12.1 Å². The van der Waals surface area contributed by atoms with Gasteiger partial charge in [0, 0.05) is 25.3 Å². The first-order valence-electron chi connectivity index (χ1n) is 7.85. The molecule has 2 aromatic rings. The van der Waals surface area contributed by atoms with E-state index >= 15 is 0 Å². The molecule has 3 N–H and O–H groups in total. The lowest BCUT2D eigenvalue weighted by Crippen LogP contribution is -2.50. The highest BCUT2D eigenvalue weighted by Gasteiger charge is 2.41. The Hall–Kier alpha value is -2.25. The topological polar surface area (TPSA) is 84.4 Å². The van der Waals surface area contributed by atoms with Crippen molar-refractivity contribution in [3.05, 3.63) is 47.0 Å². The van der Waals surface area contributed by atoms with Gasteiger partial charge in [-0.05, 0) is 50.1 Å². The molecule has 0 bridgehead atoms. The second-order valence-corrected chi connectivity index (χ2v) is 6.53. The zero-order valence-electron chi connectivity index (χ0n) is 13.8. The molecule has 2 heterocycles. The fraction of sp³-hybridized carbons (Fsp3) is 0.412. The summed E-state index contributed by atoms with van der Waals surface area (Å²) < 4.78 is 15.5. The molecule has 1 aliphatic rings. The highest BCUT2D eigenvalue weighted by atomic mass is 19.1. The molecule has 128 valence electrons. The Morgan fingerprint density at radius 2 is 2.17 bits per heavy atom.